The molecule has 6 rings (SSSR count). The van der Waals surface area contributed by atoms with Gasteiger partial charge in [-0.3, -0.25) is 29.0 Å². The van der Waals surface area contributed by atoms with Crippen molar-refractivity contribution < 1.29 is 24.3 Å². The van der Waals surface area contributed by atoms with E-state index in [0.29, 0.717) is 63.0 Å². The van der Waals surface area contributed by atoms with Crippen LogP contribution in [0.25, 0.3) is 10.9 Å². The van der Waals surface area contributed by atoms with E-state index in [-0.39, 0.29) is 48.6 Å². The van der Waals surface area contributed by atoms with Gasteiger partial charge in [0.1, 0.15) is 29.6 Å². The van der Waals surface area contributed by atoms with Gasteiger partial charge in [-0.1, -0.05) is 18.2 Å². The molecule has 0 aliphatic carbocycles. The van der Waals surface area contributed by atoms with Crippen molar-refractivity contribution in [2.75, 3.05) is 13.1 Å². The number of nitrogens with two attached hydrogens (primary N) is 1. The number of aromatic hydroxyl groups is 1. The molecule has 4 aromatic rings. The molecule has 14 heteroatoms. The lowest BCUT2D eigenvalue weighted by Crippen LogP contribution is -2.57. The third-order valence-corrected chi connectivity index (χ3v) is 10.1. The molecule has 2 aromatic carbocycles. The summed E-state index contributed by atoms with van der Waals surface area (Å²) in [6, 6.07) is 7.66. The van der Waals surface area contributed by atoms with Gasteiger partial charge in [0.2, 0.25) is 23.6 Å². The molecule has 2 bridgehead atoms. The number of phenolic OH excluding ortho intramolecular Hbond substituents is 1. The van der Waals surface area contributed by atoms with Gasteiger partial charge in [0, 0.05) is 55.0 Å². The second-order valence-electron chi connectivity index (χ2n) is 14.2. The summed E-state index contributed by atoms with van der Waals surface area (Å²) < 4.78 is 0. The summed E-state index contributed by atoms with van der Waals surface area (Å²) in [6.07, 6.45) is 5.35. The van der Waals surface area contributed by atoms with E-state index in [2.05, 4.69) is 36.2 Å². The van der Waals surface area contributed by atoms with Crippen LogP contribution in [-0.2, 0) is 44.9 Å². The average molecular weight is 741 g/mol. The number of unbranched alkanes of at least 4 members (excludes halogenated alkanes) is 1. The number of hydrogen-bond donors (Lipinski definition) is 8. The summed E-state index contributed by atoms with van der Waals surface area (Å²) in [7, 11) is 0. The Morgan fingerprint density at radius 2 is 1.52 bits per heavy atom. The van der Waals surface area contributed by atoms with Crippen molar-refractivity contribution in [3.8, 4) is 5.75 Å². The number of aromatic amines is 2. The molecule has 0 fully saturated rings. The van der Waals surface area contributed by atoms with E-state index in [4.69, 9.17) is 5.73 Å². The van der Waals surface area contributed by atoms with Crippen LogP contribution in [0.4, 0.5) is 0 Å². The fraction of sp³-hybridized carbons (Fsp3) is 0.450. The summed E-state index contributed by atoms with van der Waals surface area (Å²) >= 11 is 0. The normalized spacial score (nSPS) is 19.4. The number of benzene rings is 2. The number of fused-ring (bicyclic) bond motifs is 19. The summed E-state index contributed by atoms with van der Waals surface area (Å²) in [5.41, 5.74) is 10.8. The van der Waals surface area contributed by atoms with Gasteiger partial charge in [-0.2, -0.15) is 0 Å². The summed E-state index contributed by atoms with van der Waals surface area (Å²) in [5, 5.41) is 22.7. The third-order valence-electron chi connectivity index (χ3n) is 10.1. The fourth-order valence-electron chi connectivity index (χ4n) is 7.04. The Balaban J connectivity index is 1.51. The van der Waals surface area contributed by atoms with Crippen LogP contribution in [0.5, 0.6) is 5.75 Å². The lowest BCUT2D eigenvalue weighted by atomic mass is 9.95. The number of para-hydroxylation sites is 1. The molecule has 288 valence electrons. The van der Waals surface area contributed by atoms with Gasteiger partial charge in [0.15, 0.2) is 0 Å². The first-order valence-electron chi connectivity index (χ1n) is 18.7. The Labute approximate surface area is 314 Å². The number of H-pyrrole nitrogens is 2. The number of aryl methyl sites for hydroxylation is 5. The van der Waals surface area contributed by atoms with Crippen LogP contribution in [0.1, 0.15) is 77.9 Å². The fourth-order valence-corrected chi connectivity index (χ4v) is 7.04. The molecule has 0 unspecified atom stereocenters. The first-order valence-corrected chi connectivity index (χ1v) is 18.7. The minimum Gasteiger partial charge on any atom is -0.508 e. The SMILES string of the molecule is Cc1cc(O)cc(C)c1C[C@@H]1NC(=O)CCc2nc(C)c([nH]c2=O)CCCCNC(=O)[C@H](CCCCN)NC(=O)[C@@H](Cc2c[nH]c3ccccc23)NC1=O. The zero-order valence-corrected chi connectivity index (χ0v) is 31.3. The van der Waals surface area contributed by atoms with Crippen molar-refractivity contribution in [1.82, 2.24) is 36.2 Å². The molecule has 2 aliphatic heterocycles. The molecular weight excluding hydrogens is 688 g/mol. The predicted molar refractivity (Wildman–Crippen MR) is 206 cm³/mol. The number of hydrogen-bond acceptors (Lipinski definition) is 8. The predicted octanol–water partition coefficient (Wildman–Crippen LogP) is 2.34. The quantitative estimate of drug-likeness (QED) is 0.0987. The Kier molecular flexibility index (Phi) is 13.6. The largest absolute Gasteiger partial charge is 0.508 e. The van der Waals surface area contributed by atoms with E-state index < -0.39 is 35.8 Å². The molecule has 0 saturated carbocycles. The van der Waals surface area contributed by atoms with E-state index >= 15 is 0 Å². The van der Waals surface area contributed by atoms with Crippen LogP contribution in [0, 0.1) is 20.8 Å². The summed E-state index contributed by atoms with van der Waals surface area (Å²) in [6.45, 7) is 6.21. The van der Waals surface area contributed by atoms with Crippen molar-refractivity contribution in [2.45, 2.75) is 103 Å². The van der Waals surface area contributed by atoms with Crippen LogP contribution in [0.3, 0.4) is 0 Å². The van der Waals surface area contributed by atoms with Crippen molar-refractivity contribution in [2.24, 2.45) is 5.73 Å². The molecule has 3 atom stereocenters. The Hall–Kier alpha value is -5.50. The van der Waals surface area contributed by atoms with Gasteiger partial charge >= 0.3 is 0 Å². The van der Waals surface area contributed by atoms with Gasteiger partial charge in [0.05, 0.1) is 5.69 Å². The van der Waals surface area contributed by atoms with Crippen molar-refractivity contribution in [3.05, 3.63) is 92.3 Å². The van der Waals surface area contributed by atoms with Crippen LogP contribution >= 0.6 is 0 Å². The second-order valence-corrected chi connectivity index (χ2v) is 14.2. The number of rotatable bonds is 8. The highest BCUT2D eigenvalue weighted by atomic mass is 16.3. The molecule has 4 amide bonds. The zero-order valence-electron chi connectivity index (χ0n) is 31.3. The molecule has 0 saturated heterocycles. The molecule has 0 spiro atoms. The van der Waals surface area contributed by atoms with E-state index in [9.17, 15) is 29.1 Å². The monoisotopic (exact) mass is 740 g/mol. The molecule has 0 radical (unpaired) electrons. The number of carbonyl (C=O) groups excluding carboxylic acids is 4. The van der Waals surface area contributed by atoms with Gasteiger partial charge in [0.25, 0.3) is 5.56 Å². The third kappa shape index (κ3) is 10.3. The summed E-state index contributed by atoms with van der Waals surface area (Å²) in [5.74, 6) is -1.90. The van der Waals surface area contributed by atoms with Gasteiger partial charge < -0.3 is 42.1 Å². The van der Waals surface area contributed by atoms with Crippen LogP contribution in [-0.4, -0.2) is 74.9 Å². The number of nitrogens with zero attached hydrogens (tertiary/aromatic N) is 1. The number of aromatic nitrogens is 3. The minimum absolute atomic E-state index is 0.0526. The van der Waals surface area contributed by atoms with Crippen molar-refractivity contribution >= 4 is 34.5 Å². The Bertz CT molecular complexity index is 2010. The van der Waals surface area contributed by atoms with Crippen molar-refractivity contribution in [3.63, 3.8) is 0 Å². The lowest BCUT2D eigenvalue weighted by molar-refractivity contribution is -0.133. The number of nitrogens with one attached hydrogen (secondary N) is 6. The molecule has 54 heavy (non-hydrogen) atoms. The topological polar surface area (TPSA) is 224 Å². The Morgan fingerprint density at radius 3 is 2.26 bits per heavy atom. The highest BCUT2D eigenvalue weighted by molar-refractivity contribution is 5.95. The number of phenols is 1. The minimum atomic E-state index is -1.13. The smallest absolute Gasteiger partial charge is 0.269 e. The van der Waals surface area contributed by atoms with E-state index in [1.54, 1.807) is 25.3 Å². The molecule has 4 heterocycles. The number of carbonyl (C=O) groups is 4. The zero-order chi connectivity index (χ0) is 38.8. The highest BCUT2D eigenvalue weighted by Gasteiger charge is 2.31. The summed E-state index contributed by atoms with van der Waals surface area (Å²) in [4.78, 5) is 79.2. The van der Waals surface area contributed by atoms with Gasteiger partial charge in [-0.15, -0.1) is 0 Å². The number of amides is 4. The van der Waals surface area contributed by atoms with Crippen molar-refractivity contribution in [1.29, 1.82) is 0 Å². The van der Waals surface area contributed by atoms with E-state index in [1.165, 1.54) is 0 Å². The average Bonchev–Trinajstić information content (AvgIpc) is 3.54. The molecule has 2 aliphatic rings. The second kappa shape index (κ2) is 18.5. The van der Waals surface area contributed by atoms with Gasteiger partial charge in [-0.25, -0.2) is 0 Å². The maximum Gasteiger partial charge on any atom is 0.269 e. The molecule has 14 nitrogen and oxygen atoms in total. The molecular formula is C40H52N8O6. The highest BCUT2D eigenvalue weighted by Crippen LogP contribution is 2.23. The maximum atomic E-state index is 14.3. The van der Waals surface area contributed by atoms with E-state index in [1.807, 2.05) is 38.1 Å². The molecule has 2 aromatic heterocycles. The van der Waals surface area contributed by atoms with Crippen LogP contribution < -0.4 is 32.6 Å². The first-order chi connectivity index (χ1) is 25.9. The standard InChI is InChI=1S/C40H52N8O6/c1-23-18-27(49)19-24(2)29(23)21-35-40(54)48-34(20-26-22-43-31-12-5-4-10-28(26)31)39(53)47-32(13-6-8-16-41)37(51)42-17-9-7-11-30-25(3)44-33(38(52)46-30)14-15-36(50)45-35/h4-5,10,12,18-19,22,32,34-35,43,49H,6-9,11,13-17,20-21,41H2,1-3H3,(H,42,51)(H,45,50)(H,46,52)(H,47,53)(H,48,54)/t32-,34+,35-/m0/s1. The van der Waals surface area contributed by atoms with Crippen LogP contribution in [0.15, 0.2) is 47.4 Å². The van der Waals surface area contributed by atoms with E-state index in [0.717, 1.165) is 33.2 Å². The Morgan fingerprint density at radius 1 is 0.815 bits per heavy atom. The molecule has 9 N–H and O–H groups in total. The van der Waals surface area contributed by atoms with Gasteiger partial charge in [-0.05, 0) is 106 Å². The first kappa shape index (κ1) is 39.7. The van der Waals surface area contributed by atoms with Crippen LogP contribution in [0.2, 0.25) is 0 Å². The lowest BCUT2D eigenvalue weighted by Gasteiger charge is -2.26. The maximum absolute atomic E-state index is 14.3.